The molecule has 0 aliphatic carbocycles. The molecule has 0 amide bonds. The van der Waals surface area contributed by atoms with Crippen LogP contribution in [0.1, 0.15) is 6.92 Å². The van der Waals surface area contributed by atoms with Gasteiger partial charge in [-0.1, -0.05) is 0 Å². The minimum Gasteiger partial charge on any atom is -0.390 e. The Labute approximate surface area is 87.7 Å². The zero-order valence-electron chi connectivity index (χ0n) is 8.09. The maximum atomic E-state index is 9.45. The Morgan fingerprint density at radius 1 is 1.57 bits per heavy atom. The van der Waals surface area contributed by atoms with Crippen LogP contribution in [-0.2, 0) is 4.74 Å². The van der Waals surface area contributed by atoms with E-state index in [0.717, 1.165) is 5.03 Å². The van der Waals surface area contributed by atoms with Crippen LogP contribution in [0.2, 0.25) is 0 Å². The summed E-state index contributed by atoms with van der Waals surface area (Å²) in [6.45, 7) is 2.92. The molecule has 5 heteroatoms. The largest absolute Gasteiger partial charge is 0.390 e. The fourth-order valence-electron chi connectivity index (χ4n) is 0.844. The van der Waals surface area contributed by atoms with Crippen LogP contribution in [0.25, 0.3) is 0 Å². The molecule has 1 atom stereocenters. The number of rotatable bonds is 6. The fourth-order valence-corrected chi connectivity index (χ4v) is 1.57. The van der Waals surface area contributed by atoms with Gasteiger partial charge in [-0.2, -0.15) is 0 Å². The van der Waals surface area contributed by atoms with Gasteiger partial charge in [0.15, 0.2) is 0 Å². The van der Waals surface area contributed by atoms with Crippen LogP contribution in [0.3, 0.4) is 0 Å². The summed E-state index contributed by atoms with van der Waals surface area (Å²) < 4.78 is 5.08. The SMILES string of the molecule is CCOCC(O)CSc1cnccn1. The van der Waals surface area contributed by atoms with Gasteiger partial charge in [-0.3, -0.25) is 4.98 Å². The van der Waals surface area contributed by atoms with Crippen molar-refractivity contribution in [2.24, 2.45) is 0 Å². The molecule has 0 spiro atoms. The van der Waals surface area contributed by atoms with Crippen molar-refractivity contribution in [2.75, 3.05) is 19.0 Å². The van der Waals surface area contributed by atoms with Crippen molar-refractivity contribution in [2.45, 2.75) is 18.1 Å². The van der Waals surface area contributed by atoms with Gasteiger partial charge in [0.2, 0.25) is 0 Å². The Hall–Kier alpha value is -0.650. The quantitative estimate of drug-likeness (QED) is 0.715. The zero-order chi connectivity index (χ0) is 10.2. The lowest BCUT2D eigenvalue weighted by Gasteiger charge is -2.08. The third-order valence-electron chi connectivity index (χ3n) is 1.48. The summed E-state index contributed by atoms with van der Waals surface area (Å²) in [5.74, 6) is 0.582. The highest BCUT2D eigenvalue weighted by Gasteiger charge is 2.05. The third-order valence-corrected chi connectivity index (χ3v) is 2.54. The van der Waals surface area contributed by atoms with Gasteiger partial charge in [0.1, 0.15) is 5.03 Å². The number of aliphatic hydroxyl groups excluding tert-OH is 1. The van der Waals surface area contributed by atoms with E-state index in [1.807, 2.05) is 6.92 Å². The van der Waals surface area contributed by atoms with Gasteiger partial charge in [-0.15, -0.1) is 11.8 Å². The van der Waals surface area contributed by atoms with Crippen molar-refractivity contribution in [3.63, 3.8) is 0 Å². The van der Waals surface area contributed by atoms with Gasteiger partial charge in [-0.05, 0) is 6.92 Å². The zero-order valence-corrected chi connectivity index (χ0v) is 8.91. The summed E-state index contributed by atoms with van der Waals surface area (Å²) in [6.07, 6.45) is 4.50. The van der Waals surface area contributed by atoms with Crippen LogP contribution in [0, 0.1) is 0 Å². The summed E-state index contributed by atoms with van der Waals surface area (Å²) >= 11 is 1.48. The molecule has 1 heterocycles. The molecule has 0 saturated heterocycles. The first kappa shape index (κ1) is 11.4. The molecule has 0 radical (unpaired) electrons. The number of aromatic nitrogens is 2. The molecule has 0 aliphatic rings. The number of nitrogens with zero attached hydrogens (tertiary/aromatic N) is 2. The Balaban J connectivity index is 2.20. The second-order valence-corrected chi connectivity index (χ2v) is 3.71. The van der Waals surface area contributed by atoms with Crippen LogP contribution >= 0.6 is 11.8 Å². The molecular formula is C9H14N2O2S. The topological polar surface area (TPSA) is 55.2 Å². The molecule has 4 nitrogen and oxygen atoms in total. The van der Waals surface area contributed by atoms with Crippen LogP contribution in [0.5, 0.6) is 0 Å². The van der Waals surface area contributed by atoms with Crippen molar-refractivity contribution in [1.29, 1.82) is 0 Å². The Kier molecular flexibility index (Phi) is 5.51. The average Bonchev–Trinajstić information content (AvgIpc) is 2.25. The molecule has 0 bridgehead atoms. The molecule has 0 aliphatic heterocycles. The second-order valence-electron chi connectivity index (χ2n) is 2.67. The summed E-state index contributed by atoms with van der Waals surface area (Å²) in [6, 6.07) is 0. The van der Waals surface area contributed by atoms with Gasteiger partial charge in [0, 0.05) is 24.8 Å². The van der Waals surface area contributed by atoms with Crippen molar-refractivity contribution < 1.29 is 9.84 Å². The predicted octanol–water partition coefficient (Wildman–Crippen LogP) is 0.966. The van der Waals surface area contributed by atoms with E-state index >= 15 is 0 Å². The molecule has 0 fully saturated rings. The van der Waals surface area contributed by atoms with E-state index in [1.54, 1.807) is 18.6 Å². The standard InChI is InChI=1S/C9H14N2O2S/c1-2-13-6-8(12)7-14-9-5-10-3-4-11-9/h3-5,8,12H,2,6-7H2,1H3. The Bertz CT molecular complexity index is 246. The molecular weight excluding hydrogens is 200 g/mol. The number of thioether (sulfide) groups is 1. The first-order valence-corrected chi connectivity index (χ1v) is 5.46. The monoisotopic (exact) mass is 214 g/mol. The van der Waals surface area contributed by atoms with Gasteiger partial charge in [0.25, 0.3) is 0 Å². The second kappa shape index (κ2) is 6.75. The van der Waals surface area contributed by atoms with E-state index in [0.29, 0.717) is 19.0 Å². The van der Waals surface area contributed by atoms with Gasteiger partial charge < -0.3 is 9.84 Å². The van der Waals surface area contributed by atoms with E-state index in [-0.39, 0.29) is 0 Å². The average molecular weight is 214 g/mol. The highest BCUT2D eigenvalue weighted by molar-refractivity contribution is 7.99. The van der Waals surface area contributed by atoms with E-state index in [4.69, 9.17) is 4.74 Å². The number of ether oxygens (including phenoxy) is 1. The van der Waals surface area contributed by atoms with Crippen molar-refractivity contribution >= 4 is 11.8 Å². The van der Waals surface area contributed by atoms with Crippen LogP contribution in [0.4, 0.5) is 0 Å². The molecule has 1 aromatic heterocycles. The van der Waals surface area contributed by atoms with Gasteiger partial charge in [0.05, 0.1) is 18.9 Å². The minimum atomic E-state index is -0.443. The van der Waals surface area contributed by atoms with Crippen LogP contribution < -0.4 is 0 Å². The highest BCUT2D eigenvalue weighted by atomic mass is 32.2. The normalized spacial score (nSPS) is 12.7. The van der Waals surface area contributed by atoms with Crippen LogP contribution in [0.15, 0.2) is 23.6 Å². The highest BCUT2D eigenvalue weighted by Crippen LogP contribution is 2.13. The maximum Gasteiger partial charge on any atom is 0.114 e. The summed E-state index contributed by atoms with van der Waals surface area (Å²) in [7, 11) is 0. The number of aliphatic hydroxyl groups is 1. The molecule has 1 aromatic rings. The van der Waals surface area contributed by atoms with Crippen molar-refractivity contribution in [3.05, 3.63) is 18.6 Å². The molecule has 1 unspecified atom stereocenters. The molecule has 0 saturated carbocycles. The lowest BCUT2D eigenvalue weighted by Crippen LogP contribution is -2.17. The van der Waals surface area contributed by atoms with Crippen LogP contribution in [-0.4, -0.2) is 40.1 Å². The first-order chi connectivity index (χ1) is 6.83. The van der Waals surface area contributed by atoms with Gasteiger partial charge >= 0.3 is 0 Å². The lowest BCUT2D eigenvalue weighted by molar-refractivity contribution is 0.0551. The smallest absolute Gasteiger partial charge is 0.114 e. The Morgan fingerprint density at radius 2 is 2.43 bits per heavy atom. The summed E-state index contributed by atoms with van der Waals surface area (Å²) in [4.78, 5) is 8.01. The molecule has 14 heavy (non-hydrogen) atoms. The van der Waals surface area contributed by atoms with E-state index in [9.17, 15) is 5.11 Å². The predicted molar refractivity (Wildman–Crippen MR) is 55.3 cm³/mol. The summed E-state index contributed by atoms with van der Waals surface area (Å²) in [5, 5.41) is 10.3. The Morgan fingerprint density at radius 3 is 3.07 bits per heavy atom. The molecule has 1 N–H and O–H groups in total. The van der Waals surface area contributed by atoms with Crippen molar-refractivity contribution in [3.8, 4) is 0 Å². The number of hydrogen-bond acceptors (Lipinski definition) is 5. The molecule has 1 rings (SSSR count). The molecule has 0 aromatic carbocycles. The van der Waals surface area contributed by atoms with E-state index in [1.165, 1.54) is 11.8 Å². The third kappa shape index (κ3) is 4.55. The van der Waals surface area contributed by atoms with E-state index < -0.39 is 6.10 Å². The van der Waals surface area contributed by atoms with Crippen molar-refractivity contribution in [1.82, 2.24) is 9.97 Å². The van der Waals surface area contributed by atoms with Gasteiger partial charge in [-0.25, -0.2) is 4.98 Å². The summed E-state index contributed by atoms with van der Waals surface area (Å²) in [5.41, 5.74) is 0. The number of hydrogen-bond donors (Lipinski definition) is 1. The van der Waals surface area contributed by atoms with E-state index in [2.05, 4.69) is 9.97 Å². The lowest BCUT2D eigenvalue weighted by atomic mass is 10.4. The maximum absolute atomic E-state index is 9.45. The first-order valence-electron chi connectivity index (χ1n) is 4.47. The minimum absolute atomic E-state index is 0.379. The molecule has 78 valence electrons. The fraction of sp³-hybridized carbons (Fsp3) is 0.556.